The van der Waals surface area contributed by atoms with Gasteiger partial charge in [0.05, 0.1) is 6.42 Å². The summed E-state index contributed by atoms with van der Waals surface area (Å²) in [5.74, 6) is 1.46. The number of hydrogen-bond donors (Lipinski definition) is 1. The Balaban J connectivity index is 1.50. The van der Waals surface area contributed by atoms with E-state index in [1.807, 2.05) is 6.07 Å². The van der Waals surface area contributed by atoms with Crippen LogP contribution in [0.15, 0.2) is 21.9 Å². The summed E-state index contributed by atoms with van der Waals surface area (Å²) in [6, 6.07) is 4.86. The lowest BCUT2D eigenvalue weighted by atomic mass is 10.3. The quantitative estimate of drug-likeness (QED) is 0.851. The normalized spacial score (nSPS) is 15.3. The van der Waals surface area contributed by atoms with E-state index in [4.69, 9.17) is 4.42 Å². The van der Waals surface area contributed by atoms with Crippen molar-refractivity contribution in [1.82, 2.24) is 15.5 Å². The van der Waals surface area contributed by atoms with Crippen molar-refractivity contribution in [1.29, 1.82) is 0 Å². The van der Waals surface area contributed by atoms with Crippen LogP contribution in [0.2, 0.25) is 0 Å². The van der Waals surface area contributed by atoms with Crippen molar-refractivity contribution in [3.05, 3.63) is 34.2 Å². The van der Waals surface area contributed by atoms with Crippen LogP contribution in [0.25, 0.3) is 0 Å². The summed E-state index contributed by atoms with van der Waals surface area (Å²) < 4.78 is 5.60. The van der Waals surface area contributed by atoms with Crippen LogP contribution in [-0.4, -0.2) is 22.8 Å². The molecule has 2 aromatic heterocycles. The van der Waals surface area contributed by atoms with Crippen molar-refractivity contribution in [2.75, 3.05) is 6.54 Å². The van der Waals surface area contributed by atoms with Crippen LogP contribution in [-0.2, 0) is 12.8 Å². The Morgan fingerprint density at radius 1 is 1.35 bits per heavy atom. The van der Waals surface area contributed by atoms with Gasteiger partial charge in [0.15, 0.2) is 0 Å². The smallest absolute Gasteiger partial charge is 0.221 e. The van der Waals surface area contributed by atoms with Crippen LogP contribution in [0, 0.1) is 0 Å². The van der Waals surface area contributed by atoms with Gasteiger partial charge in [-0.15, -0.1) is 21.5 Å². The monoisotopic (exact) mass is 249 g/mol. The molecule has 1 aliphatic carbocycles. The molecule has 3 rings (SSSR count). The second kappa shape index (κ2) is 4.98. The van der Waals surface area contributed by atoms with Gasteiger partial charge in [-0.3, -0.25) is 0 Å². The van der Waals surface area contributed by atoms with Gasteiger partial charge in [0.25, 0.3) is 0 Å². The highest BCUT2D eigenvalue weighted by molar-refractivity contribution is 7.09. The lowest BCUT2D eigenvalue weighted by Crippen LogP contribution is -2.19. The molecule has 90 valence electrons. The number of aromatic nitrogens is 2. The Hall–Kier alpha value is -1.20. The first-order valence-corrected chi connectivity index (χ1v) is 6.85. The molecule has 1 N–H and O–H groups in total. The van der Waals surface area contributed by atoms with Crippen LogP contribution in [0.5, 0.6) is 0 Å². The van der Waals surface area contributed by atoms with Gasteiger partial charge in [-0.2, -0.15) is 0 Å². The van der Waals surface area contributed by atoms with Crippen molar-refractivity contribution in [2.45, 2.75) is 31.7 Å². The maximum absolute atomic E-state index is 5.60. The van der Waals surface area contributed by atoms with Crippen LogP contribution < -0.4 is 5.32 Å². The minimum atomic E-state index is 0.717. The second-order valence-electron chi connectivity index (χ2n) is 4.32. The van der Waals surface area contributed by atoms with Crippen LogP contribution in [0.1, 0.15) is 29.5 Å². The average molecular weight is 249 g/mol. The Morgan fingerprint density at radius 2 is 2.24 bits per heavy atom. The van der Waals surface area contributed by atoms with E-state index >= 15 is 0 Å². The van der Waals surface area contributed by atoms with E-state index in [-0.39, 0.29) is 0 Å². The topological polar surface area (TPSA) is 51.0 Å². The molecule has 0 atom stereocenters. The lowest BCUT2D eigenvalue weighted by Gasteiger charge is -1.97. The van der Waals surface area contributed by atoms with Crippen molar-refractivity contribution in [2.24, 2.45) is 0 Å². The average Bonchev–Trinajstić information content (AvgIpc) is 2.83. The second-order valence-corrected chi connectivity index (χ2v) is 5.36. The van der Waals surface area contributed by atoms with Crippen molar-refractivity contribution >= 4 is 11.3 Å². The van der Waals surface area contributed by atoms with Gasteiger partial charge in [0.1, 0.15) is 0 Å². The molecule has 0 unspecified atom stereocenters. The fourth-order valence-electron chi connectivity index (χ4n) is 1.69. The van der Waals surface area contributed by atoms with Crippen LogP contribution >= 0.6 is 11.3 Å². The van der Waals surface area contributed by atoms with Gasteiger partial charge < -0.3 is 9.73 Å². The van der Waals surface area contributed by atoms with Gasteiger partial charge in [-0.25, -0.2) is 0 Å². The third-order valence-corrected chi connectivity index (χ3v) is 3.64. The lowest BCUT2D eigenvalue weighted by molar-refractivity contribution is 0.451. The fraction of sp³-hybridized carbons (Fsp3) is 0.500. The highest BCUT2D eigenvalue weighted by atomic mass is 32.1. The standard InChI is InChI=1S/C12H15N3OS/c1-2-10(17-7-1)8-12-15-14-11(16-12)5-6-13-9-3-4-9/h1-2,7,9,13H,3-6,8H2. The Morgan fingerprint density at radius 3 is 3.00 bits per heavy atom. The van der Waals surface area contributed by atoms with E-state index in [0.29, 0.717) is 5.89 Å². The number of hydrogen-bond acceptors (Lipinski definition) is 5. The molecule has 1 saturated carbocycles. The summed E-state index contributed by atoms with van der Waals surface area (Å²) in [5.41, 5.74) is 0. The third-order valence-electron chi connectivity index (χ3n) is 2.76. The van der Waals surface area contributed by atoms with Gasteiger partial charge in [-0.1, -0.05) is 6.07 Å². The molecule has 0 aliphatic heterocycles. The van der Waals surface area contributed by atoms with Crippen LogP contribution in [0.3, 0.4) is 0 Å². The maximum atomic E-state index is 5.60. The molecule has 0 radical (unpaired) electrons. The molecular formula is C12H15N3OS. The minimum absolute atomic E-state index is 0.717. The summed E-state index contributed by atoms with van der Waals surface area (Å²) in [6.45, 7) is 0.936. The number of nitrogens with one attached hydrogen (secondary N) is 1. The van der Waals surface area contributed by atoms with E-state index in [2.05, 4.69) is 27.0 Å². The number of thiophene rings is 1. The first-order valence-electron chi connectivity index (χ1n) is 5.97. The molecule has 0 spiro atoms. The zero-order valence-corrected chi connectivity index (χ0v) is 10.4. The Kier molecular flexibility index (Phi) is 3.20. The summed E-state index contributed by atoms with van der Waals surface area (Å²) in [7, 11) is 0. The van der Waals surface area contributed by atoms with Crippen molar-refractivity contribution < 1.29 is 4.42 Å². The number of rotatable bonds is 6. The molecule has 1 fully saturated rings. The molecule has 1 aliphatic rings. The summed E-state index contributed by atoms with van der Waals surface area (Å²) in [6.07, 6.45) is 4.20. The summed E-state index contributed by atoms with van der Waals surface area (Å²) in [5, 5.41) is 13.6. The zero-order valence-electron chi connectivity index (χ0n) is 9.56. The van der Waals surface area contributed by atoms with E-state index < -0.39 is 0 Å². The van der Waals surface area contributed by atoms with E-state index in [0.717, 1.165) is 31.3 Å². The number of nitrogens with zero attached hydrogens (tertiary/aromatic N) is 2. The van der Waals surface area contributed by atoms with Crippen LogP contribution in [0.4, 0.5) is 0 Å². The molecule has 2 aromatic rings. The first kappa shape index (κ1) is 10.9. The van der Waals surface area contributed by atoms with Gasteiger partial charge in [-0.05, 0) is 24.3 Å². The molecule has 0 bridgehead atoms. The van der Waals surface area contributed by atoms with E-state index in [1.165, 1.54) is 17.7 Å². The molecule has 4 nitrogen and oxygen atoms in total. The Labute approximate surface area is 104 Å². The SMILES string of the molecule is c1csc(Cc2nnc(CCNC3CC3)o2)c1. The summed E-state index contributed by atoms with van der Waals surface area (Å²) in [4.78, 5) is 1.26. The Bertz CT molecular complexity index is 462. The molecule has 0 aromatic carbocycles. The molecular weight excluding hydrogens is 234 g/mol. The van der Waals surface area contributed by atoms with E-state index in [9.17, 15) is 0 Å². The van der Waals surface area contributed by atoms with Gasteiger partial charge in [0, 0.05) is 23.9 Å². The third kappa shape index (κ3) is 3.14. The fourth-order valence-corrected chi connectivity index (χ4v) is 2.39. The highest BCUT2D eigenvalue weighted by Gasteiger charge is 2.20. The van der Waals surface area contributed by atoms with Gasteiger partial charge in [0.2, 0.25) is 11.8 Å². The predicted molar refractivity (Wildman–Crippen MR) is 66.2 cm³/mol. The predicted octanol–water partition coefficient (Wildman–Crippen LogP) is 2.02. The van der Waals surface area contributed by atoms with Crippen molar-refractivity contribution in [3.8, 4) is 0 Å². The summed E-state index contributed by atoms with van der Waals surface area (Å²) >= 11 is 1.72. The molecule has 17 heavy (non-hydrogen) atoms. The van der Waals surface area contributed by atoms with E-state index in [1.54, 1.807) is 11.3 Å². The van der Waals surface area contributed by atoms with Gasteiger partial charge >= 0.3 is 0 Å². The first-order chi connectivity index (χ1) is 8.40. The minimum Gasteiger partial charge on any atom is -0.425 e. The van der Waals surface area contributed by atoms with Crippen molar-refractivity contribution in [3.63, 3.8) is 0 Å². The molecule has 0 saturated heterocycles. The molecule has 5 heteroatoms. The molecule has 0 amide bonds. The molecule has 2 heterocycles. The highest BCUT2D eigenvalue weighted by Crippen LogP contribution is 2.18. The maximum Gasteiger partial charge on any atom is 0.221 e. The zero-order chi connectivity index (χ0) is 11.5. The largest absolute Gasteiger partial charge is 0.425 e.